The summed E-state index contributed by atoms with van der Waals surface area (Å²) in [6.45, 7) is 6.46. The third kappa shape index (κ3) is 11.9. The van der Waals surface area contributed by atoms with Crippen LogP contribution in [0.2, 0.25) is 0 Å². The first-order valence-corrected chi connectivity index (χ1v) is 25.2. The SMILES string of the molecule is CCCCn1c2cc(C#Cc3ccc(CO)cc3)ccc2c2ccc(C#Cc3ccc(OC)cc3)cc21.CCCCn1c2ccc(C#Cc3ccc(CO)cc3)cc2c2cc(C#Cc3ccc(OC)cc3)ccc21. The van der Waals surface area contributed by atoms with Gasteiger partial charge < -0.3 is 28.8 Å². The summed E-state index contributed by atoms with van der Waals surface area (Å²) in [7, 11) is 3.33. The lowest BCUT2D eigenvalue weighted by atomic mass is 10.1. The molecule has 0 fully saturated rings. The van der Waals surface area contributed by atoms with Gasteiger partial charge in [0.25, 0.3) is 0 Å². The number of aromatic nitrogens is 2. The molecule has 8 aromatic carbocycles. The Morgan fingerprint density at radius 3 is 0.973 bits per heavy atom. The summed E-state index contributed by atoms with van der Waals surface area (Å²) in [5, 5.41) is 23.4. The number of rotatable bonds is 10. The number of benzene rings is 8. The molecule has 0 aliphatic heterocycles. The summed E-state index contributed by atoms with van der Waals surface area (Å²) >= 11 is 0. The number of hydrogen-bond donors (Lipinski definition) is 2. The van der Waals surface area contributed by atoms with E-state index in [4.69, 9.17) is 9.47 Å². The molecule has 2 heterocycles. The molecule has 6 nitrogen and oxygen atoms in total. The van der Waals surface area contributed by atoms with Crippen LogP contribution in [-0.4, -0.2) is 33.6 Å². The minimum Gasteiger partial charge on any atom is -0.497 e. The van der Waals surface area contributed by atoms with Crippen LogP contribution >= 0.6 is 0 Å². The van der Waals surface area contributed by atoms with Gasteiger partial charge >= 0.3 is 0 Å². The van der Waals surface area contributed by atoms with Crippen molar-refractivity contribution in [1.29, 1.82) is 0 Å². The highest BCUT2D eigenvalue weighted by Crippen LogP contribution is 2.33. The van der Waals surface area contributed by atoms with Gasteiger partial charge in [-0.15, -0.1) is 0 Å². The highest BCUT2D eigenvalue weighted by Gasteiger charge is 2.13. The van der Waals surface area contributed by atoms with E-state index in [-0.39, 0.29) is 13.2 Å². The second kappa shape index (κ2) is 24.0. The Labute approximate surface area is 434 Å². The first-order chi connectivity index (χ1) is 36.4. The zero-order valence-electron chi connectivity index (χ0n) is 42.4. The summed E-state index contributed by atoms with van der Waals surface area (Å²) < 4.78 is 15.3. The van der Waals surface area contributed by atoms with Crippen molar-refractivity contribution in [1.82, 2.24) is 9.13 Å². The van der Waals surface area contributed by atoms with Gasteiger partial charge in [0, 0.05) is 90.2 Å². The van der Waals surface area contributed by atoms with E-state index >= 15 is 0 Å². The highest BCUT2D eigenvalue weighted by atomic mass is 16.5. The molecular weight excluding hydrogens is 909 g/mol. The minimum absolute atomic E-state index is 0.0406. The zero-order valence-corrected chi connectivity index (χ0v) is 42.4. The van der Waals surface area contributed by atoms with Crippen LogP contribution in [0.4, 0.5) is 0 Å². The molecule has 0 aliphatic rings. The largest absolute Gasteiger partial charge is 0.497 e. The maximum absolute atomic E-state index is 9.26. The van der Waals surface area contributed by atoms with Crippen molar-refractivity contribution < 1.29 is 19.7 Å². The Morgan fingerprint density at radius 1 is 0.338 bits per heavy atom. The van der Waals surface area contributed by atoms with E-state index in [1.165, 1.54) is 43.6 Å². The van der Waals surface area contributed by atoms with Crippen LogP contribution in [0.3, 0.4) is 0 Å². The van der Waals surface area contributed by atoms with Gasteiger partial charge in [0.1, 0.15) is 11.5 Å². The molecule has 364 valence electrons. The number of aliphatic hydroxyl groups excluding tert-OH is 2. The van der Waals surface area contributed by atoms with Crippen LogP contribution in [0, 0.1) is 47.4 Å². The third-order valence-corrected chi connectivity index (χ3v) is 13.1. The van der Waals surface area contributed by atoms with E-state index in [9.17, 15) is 10.2 Å². The fraction of sp³-hybridized carbons (Fsp3) is 0.176. The Morgan fingerprint density at radius 2 is 0.635 bits per heavy atom. The summed E-state index contributed by atoms with van der Waals surface area (Å²) in [6.07, 6.45) is 4.50. The summed E-state index contributed by atoms with van der Waals surface area (Å²) in [6, 6.07) is 57.0. The van der Waals surface area contributed by atoms with Gasteiger partial charge in [-0.1, -0.05) is 110 Å². The number of aryl methyl sites for hydroxylation is 2. The second-order valence-electron chi connectivity index (χ2n) is 18.1. The average Bonchev–Trinajstić information content (AvgIpc) is 3.94. The molecule has 0 amide bonds. The maximum atomic E-state index is 9.26. The summed E-state index contributed by atoms with van der Waals surface area (Å²) in [4.78, 5) is 0. The molecule has 0 aliphatic carbocycles. The predicted molar refractivity (Wildman–Crippen MR) is 303 cm³/mol. The molecule has 10 aromatic rings. The first kappa shape index (κ1) is 50.1. The molecule has 0 saturated carbocycles. The molecule has 0 bridgehead atoms. The van der Waals surface area contributed by atoms with Crippen molar-refractivity contribution in [2.75, 3.05) is 14.2 Å². The van der Waals surface area contributed by atoms with Crippen LogP contribution in [0.25, 0.3) is 43.6 Å². The van der Waals surface area contributed by atoms with Crippen molar-refractivity contribution in [2.24, 2.45) is 0 Å². The van der Waals surface area contributed by atoms with Crippen LogP contribution in [0.1, 0.15) is 95.2 Å². The quantitative estimate of drug-likeness (QED) is 0.134. The molecule has 0 spiro atoms. The van der Waals surface area contributed by atoms with E-state index in [1.807, 2.05) is 97.1 Å². The number of nitrogens with zero attached hydrogens (tertiary/aromatic N) is 2. The highest BCUT2D eigenvalue weighted by molar-refractivity contribution is 6.10. The maximum Gasteiger partial charge on any atom is 0.118 e. The standard InChI is InChI=1S/2C34H29NO2/c1-3-4-21-35-33-19-15-27(9-5-25-7-11-29(24-36)12-8-25)22-31(33)32-23-28(16-20-34(32)35)10-6-26-13-17-30(37-2)18-14-26;1-3-4-21-35-33-22-27(9-5-25-7-11-29(24-36)12-8-25)15-19-31(33)32-20-16-28(23-34(32)35)10-6-26-13-17-30(37-2)18-14-26/h2*7-8,11-20,22-23,36H,3-4,21,24H2,1-2H3. The summed E-state index contributed by atoms with van der Waals surface area (Å²) in [5.74, 6) is 28.0. The van der Waals surface area contributed by atoms with Crippen molar-refractivity contribution in [3.8, 4) is 58.9 Å². The van der Waals surface area contributed by atoms with E-state index in [2.05, 4.69) is 143 Å². The number of ether oxygens (including phenoxy) is 2. The number of unbranched alkanes of at least 4 members (excludes halogenated alkanes) is 2. The third-order valence-electron chi connectivity index (χ3n) is 13.1. The molecule has 0 unspecified atom stereocenters. The Balaban J connectivity index is 0.000000182. The lowest BCUT2D eigenvalue weighted by Crippen LogP contribution is -1.97. The van der Waals surface area contributed by atoms with Crippen molar-refractivity contribution in [3.05, 3.63) is 225 Å². The van der Waals surface area contributed by atoms with Crippen LogP contribution in [-0.2, 0) is 26.3 Å². The van der Waals surface area contributed by atoms with Crippen LogP contribution in [0.15, 0.2) is 170 Å². The average molecular weight is 967 g/mol. The number of fused-ring (bicyclic) bond motifs is 6. The molecule has 74 heavy (non-hydrogen) atoms. The molecule has 0 radical (unpaired) electrons. The Kier molecular flexibility index (Phi) is 16.3. The number of hydrogen-bond acceptors (Lipinski definition) is 4. The predicted octanol–water partition coefficient (Wildman–Crippen LogP) is 13.8. The Bertz CT molecular complexity index is 3600. The second-order valence-corrected chi connectivity index (χ2v) is 18.1. The van der Waals surface area contributed by atoms with Gasteiger partial charge in [-0.2, -0.15) is 0 Å². The van der Waals surface area contributed by atoms with E-state index in [1.54, 1.807) is 14.2 Å². The van der Waals surface area contributed by atoms with E-state index < -0.39 is 0 Å². The van der Waals surface area contributed by atoms with E-state index in [0.29, 0.717) is 0 Å². The van der Waals surface area contributed by atoms with Gasteiger partial charge in [0.05, 0.1) is 38.5 Å². The minimum atomic E-state index is 0.0406. The normalized spacial score (nSPS) is 10.6. The lowest BCUT2D eigenvalue weighted by Gasteiger charge is -2.07. The van der Waals surface area contributed by atoms with Gasteiger partial charge in [-0.05, 0) is 157 Å². The van der Waals surface area contributed by atoms with Gasteiger partial charge in [-0.3, -0.25) is 0 Å². The molecule has 0 atom stereocenters. The fourth-order valence-electron chi connectivity index (χ4n) is 8.94. The number of aliphatic hydroxyl groups is 2. The van der Waals surface area contributed by atoms with Crippen LogP contribution in [0.5, 0.6) is 11.5 Å². The first-order valence-electron chi connectivity index (χ1n) is 25.2. The molecule has 6 heteroatoms. The fourth-order valence-corrected chi connectivity index (χ4v) is 8.94. The molecule has 10 rings (SSSR count). The topological polar surface area (TPSA) is 68.8 Å². The van der Waals surface area contributed by atoms with Crippen molar-refractivity contribution >= 4 is 43.6 Å². The summed E-state index contributed by atoms with van der Waals surface area (Å²) in [5.41, 5.74) is 14.3. The van der Waals surface area contributed by atoms with Crippen molar-refractivity contribution in [2.45, 2.75) is 65.8 Å². The van der Waals surface area contributed by atoms with Crippen LogP contribution < -0.4 is 9.47 Å². The van der Waals surface area contributed by atoms with E-state index in [0.717, 1.165) is 106 Å². The molecular formula is C68H58N2O4. The lowest BCUT2D eigenvalue weighted by molar-refractivity contribution is 0.281. The smallest absolute Gasteiger partial charge is 0.118 e. The van der Waals surface area contributed by atoms with Gasteiger partial charge in [0.15, 0.2) is 0 Å². The monoisotopic (exact) mass is 966 g/mol. The molecule has 0 saturated heterocycles. The number of methoxy groups -OCH3 is 2. The molecule has 2 N–H and O–H groups in total. The van der Waals surface area contributed by atoms with Gasteiger partial charge in [-0.25, -0.2) is 0 Å². The van der Waals surface area contributed by atoms with Gasteiger partial charge in [0.2, 0.25) is 0 Å². The Hall–Kier alpha value is -8.88. The zero-order chi connectivity index (χ0) is 51.2. The molecule has 2 aromatic heterocycles. The van der Waals surface area contributed by atoms with Crippen molar-refractivity contribution in [3.63, 3.8) is 0 Å².